The van der Waals surface area contributed by atoms with Crippen LogP contribution in [0.4, 0.5) is 0 Å². The van der Waals surface area contributed by atoms with E-state index >= 15 is 0 Å². The molecule has 1 aliphatic rings. The molecule has 4 nitrogen and oxygen atoms in total. The van der Waals surface area contributed by atoms with E-state index in [4.69, 9.17) is 14.7 Å². The van der Waals surface area contributed by atoms with Crippen molar-refractivity contribution in [3.63, 3.8) is 0 Å². The minimum atomic E-state index is 0.703. The predicted octanol–water partition coefficient (Wildman–Crippen LogP) is 11.9. The van der Waals surface area contributed by atoms with Gasteiger partial charge in [0.15, 0.2) is 5.82 Å². The van der Waals surface area contributed by atoms with E-state index in [1.807, 2.05) is 68.4 Å². The molecule has 1 aliphatic heterocycles. The Kier molecular flexibility index (Phi) is 7.60. The molecule has 230 valence electrons. The number of para-hydroxylation sites is 2. The lowest BCUT2D eigenvalue weighted by atomic mass is 10.1. The molecular weight excluding hydrogens is 587 g/mol. The van der Waals surface area contributed by atoms with Crippen LogP contribution in [0.15, 0.2) is 152 Å². The summed E-state index contributed by atoms with van der Waals surface area (Å²) >= 11 is 0. The van der Waals surface area contributed by atoms with Crippen LogP contribution in [-0.4, -0.2) is 14.5 Å². The molecule has 2 aromatic heterocycles. The highest BCUT2D eigenvalue weighted by molar-refractivity contribution is 6.10. The molecule has 0 amide bonds. The number of benzene rings is 6. The van der Waals surface area contributed by atoms with Gasteiger partial charge in [-0.2, -0.15) is 0 Å². The molecule has 0 atom stereocenters. The van der Waals surface area contributed by atoms with E-state index in [-0.39, 0.29) is 0 Å². The third-order valence-electron chi connectivity index (χ3n) is 8.61. The lowest BCUT2D eigenvalue weighted by Gasteiger charge is -2.13. The molecular formula is C44H33N3O. The molecule has 4 heteroatoms. The monoisotopic (exact) mass is 619 g/mol. The van der Waals surface area contributed by atoms with Gasteiger partial charge in [-0.05, 0) is 42.5 Å². The quantitative estimate of drug-likeness (QED) is 0.197. The minimum absolute atomic E-state index is 0.703. The zero-order valence-corrected chi connectivity index (χ0v) is 26.8. The van der Waals surface area contributed by atoms with Gasteiger partial charge in [0.2, 0.25) is 0 Å². The van der Waals surface area contributed by atoms with Crippen molar-refractivity contribution >= 4 is 34.0 Å². The van der Waals surface area contributed by atoms with Gasteiger partial charge >= 0.3 is 0 Å². The number of hydrogen-bond acceptors (Lipinski definition) is 3. The summed E-state index contributed by atoms with van der Waals surface area (Å²) in [6.07, 6.45) is 4.28. The first-order valence-corrected chi connectivity index (χ1v) is 16.4. The molecule has 0 spiro atoms. The number of ether oxygens (including phenoxy) is 1. The maximum absolute atomic E-state index is 6.46. The molecule has 0 saturated carbocycles. The molecule has 6 aromatic carbocycles. The van der Waals surface area contributed by atoms with Crippen LogP contribution in [-0.2, 0) is 0 Å². The Balaban J connectivity index is 0.00000165. The van der Waals surface area contributed by atoms with Crippen LogP contribution in [0, 0.1) is 0 Å². The summed E-state index contributed by atoms with van der Waals surface area (Å²) in [4.78, 5) is 10.1. The highest BCUT2D eigenvalue weighted by Crippen LogP contribution is 2.41. The van der Waals surface area contributed by atoms with Crippen LogP contribution >= 0.6 is 0 Å². The van der Waals surface area contributed by atoms with Gasteiger partial charge in [-0.1, -0.05) is 135 Å². The van der Waals surface area contributed by atoms with Crippen LogP contribution in [0.3, 0.4) is 0 Å². The third-order valence-corrected chi connectivity index (χ3v) is 8.61. The smallest absolute Gasteiger partial charge is 0.160 e. The lowest BCUT2D eigenvalue weighted by molar-refractivity contribution is 0.482. The summed E-state index contributed by atoms with van der Waals surface area (Å²) in [5.74, 6) is 2.42. The number of rotatable bonds is 4. The molecule has 0 unspecified atom stereocenters. The van der Waals surface area contributed by atoms with Crippen molar-refractivity contribution in [2.75, 3.05) is 0 Å². The van der Waals surface area contributed by atoms with E-state index in [1.165, 1.54) is 5.39 Å². The van der Waals surface area contributed by atoms with Crippen molar-refractivity contribution in [2.45, 2.75) is 13.8 Å². The molecule has 0 bridgehead atoms. The zero-order chi connectivity index (χ0) is 32.5. The van der Waals surface area contributed by atoms with E-state index in [2.05, 4.69) is 114 Å². The summed E-state index contributed by atoms with van der Waals surface area (Å²) in [6.45, 7) is 4.00. The van der Waals surface area contributed by atoms with Gasteiger partial charge < -0.3 is 9.30 Å². The Hall–Kier alpha value is -6.26. The number of hydrogen-bond donors (Lipinski definition) is 0. The van der Waals surface area contributed by atoms with Crippen LogP contribution in [0.2, 0.25) is 0 Å². The van der Waals surface area contributed by atoms with Crippen molar-refractivity contribution in [2.24, 2.45) is 0 Å². The molecule has 48 heavy (non-hydrogen) atoms. The highest BCUT2D eigenvalue weighted by atomic mass is 16.5. The number of fused-ring (bicyclic) bond motifs is 5. The Morgan fingerprint density at radius 3 is 1.92 bits per heavy atom. The Bertz CT molecular complexity index is 2380. The van der Waals surface area contributed by atoms with E-state index < -0.39 is 0 Å². The summed E-state index contributed by atoms with van der Waals surface area (Å²) in [7, 11) is 0. The molecule has 8 aromatic rings. The van der Waals surface area contributed by atoms with Crippen LogP contribution in [0.1, 0.15) is 25.0 Å². The first-order valence-electron chi connectivity index (χ1n) is 16.4. The topological polar surface area (TPSA) is 39.9 Å². The average Bonchev–Trinajstić information content (AvgIpc) is 3.36. The SMILES string of the molecule is C1=Cc2cc3c(cc2Oc2ccccc21)c1ccccc1n3-c1cccc(-c2cc(-c3ccccc3)nc(-c3ccccc3)n2)c1.CC. The fourth-order valence-corrected chi connectivity index (χ4v) is 6.39. The maximum atomic E-state index is 6.46. The largest absolute Gasteiger partial charge is 0.456 e. The molecule has 0 fully saturated rings. The van der Waals surface area contributed by atoms with Gasteiger partial charge in [-0.15, -0.1) is 0 Å². The second kappa shape index (κ2) is 12.5. The van der Waals surface area contributed by atoms with E-state index in [9.17, 15) is 0 Å². The normalized spacial score (nSPS) is 11.6. The van der Waals surface area contributed by atoms with Crippen LogP contribution in [0.25, 0.3) is 73.5 Å². The Morgan fingerprint density at radius 1 is 0.458 bits per heavy atom. The van der Waals surface area contributed by atoms with Crippen molar-refractivity contribution in [3.8, 4) is 51.1 Å². The van der Waals surface area contributed by atoms with Crippen LogP contribution in [0.5, 0.6) is 11.5 Å². The standard InChI is InChI=1S/C42H27N3O.C2H6/c1-3-12-28(13-4-1)36-27-37(44-42(43-36)30-15-5-2-6-16-30)31-17-11-18-33(24-31)45-38-20-9-8-19-34(38)35-26-41-32(25-39(35)45)23-22-29-14-7-10-21-40(29)46-41;1-2/h1-27H;1-2H3. The average molecular weight is 620 g/mol. The fourth-order valence-electron chi connectivity index (χ4n) is 6.39. The van der Waals surface area contributed by atoms with Crippen molar-refractivity contribution in [3.05, 3.63) is 163 Å². The molecule has 0 aliphatic carbocycles. The van der Waals surface area contributed by atoms with E-state index in [0.717, 1.165) is 72.8 Å². The van der Waals surface area contributed by atoms with Crippen molar-refractivity contribution in [1.82, 2.24) is 14.5 Å². The van der Waals surface area contributed by atoms with Gasteiger partial charge in [-0.3, -0.25) is 0 Å². The molecule has 0 radical (unpaired) electrons. The highest BCUT2D eigenvalue weighted by Gasteiger charge is 2.18. The Morgan fingerprint density at radius 2 is 1.10 bits per heavy atom. The predicted molar refractivity (Wildman–Crippen MR) is 199 cm³/mol. The van der Waals surface area contributed by atoms with Gasteiger partial charge in [-0.25, -0.2) is 9.97 Å². The third kappa shape index (κ3) is 5.23. The zero-order valence-electron chi connectivity index (χ0n) is 26.8. The van der Waals surface area contributed by atoms with Crippen LogP contribution < -0.4 is 4.74 Å². The van der Waals surface area contributed by atoms with Crippen molar-refractivity contribution in [1.29, 1.82) is 0 Å². The maximum Gasteiger partial charge on any atom is 0.160 e. The molecule has 0 saturated heterocycles. The summed E-state index contributed by atoms with van der Waals surface area (Å²) in [6, 6.07) is 52.3. The Labute approximate surface area is 280 Å². The fraction of sp³-hybridized carbons (Fsp3) is 0.0455. The van der Waals surface area contributed by atoms with E-state index in [0.29, 0.717) is 5.82 Å². The van der Waals surface area contributed by atoms with E-state index in [1.54, 1.807) is 0 Å². The van der Waals surface area contributed by atoms with Gasteiger partial charge in [0.05, 0.1) is 22.4 Å². The van der Waals surface area contributed by atoms with Gasteiger partial charge in [0.1, 0.15) is 11.5 Å². The lowest BCUT2D eigenvalue weighted by Crippen LogP contribution is -1.98. The second-order valence-corrected chi connectivity index (χ2v) is 11.5. The minimum Gasteiger partial charge on any atom is -0.456 e. The molecule has 9 rings (SSSR count). The summed E-state index contributed by atoms with van der Waals surface area (Å²) in [5.41, 5.74) is 10.3. The van der Waals surface area contributed by atoms with Gasteiger partial charge in [0, 0.05) is 44.3 Å². The number of nitrogens with zero attached hydrogens (tertiary/aromatic N) is 3. The summed E-state index contributed by atoms with van der Waals surface area (Å²) in [5, 5.41) is 2.32. The first-order chi connectivity index (χ1) is 23.8. The van der Waals surface area contributed by atoms with Crippen molar-refractivity contribution < 1.29 is 4.74 Å². The second-order valence-electron chi connectivity index (χ2n) is 11.5. The molecule has 3 heterocycles. The first kappa shape index (κ1) is 29.2. The summed E-state index contributed by atoms with van der Waals surface area (Å²) < 4.78 is 8.81. The van der Waals surface area contributed by atoms with Gasteiger partial charge in [0.25, 0.3) is 0 Å². The molecule has 0 N–H and O–H groups in total. The number of aromatic nitrogens is 3.